The molecule has 0 atom stereocenters. The molecule has 0 aliphatic rings. The Balaban J connectivity index is 2.81. The summed E-state index contributed by atoms with van der Waals surface area (Å²) in [5.74, 6) is -0.136. The monoisotopic (exact) mass is 184 g/mol. The van der Waals surface area contributed by atoms with Crippen molar-refractivity contribution in [2.45, 2.75) is 12.8 Å². The second kappa shape index (κ2) is 3.34. The van der Waals surface area contributed by atoms with Crippen molar-refractivity contribution in [3.05, 3.63) is 5.56 Å². The summed E-state index contributed by atoms with van der Waals surface area (Å²) in [4.78, 5) is 10.3. The Morgan fingerprint density at radius 1 is 1.62 bits per heavy atom. The number of aryl methyl sites for hydroxylation is 1. The van der Waals surface area contributed by atoms with Crippen LogP contribution >= 0.6 is 0 Å². The summed E-state index contributed by atoms with van der Waals surface area (Å²) < 4.78 is 1.44. The van der Waals surface area contributed by atoms with Gasteiger partial charge in [-0.05, 0) is 6.42 Å². The molecule has 0 radical (unpaired) electrons. The molecule has 0 aromatic carbocycles. The first kappa shape index (κ1) is 9.37. The molecule has 6 nitrogen and oxygen atoms in total. The van der Waals surface area contributed by atoms with E-state index in [4.69, 9.17) is 16.6 Å². The number of nitrogens with zero attached hydrogens (tertiary/aromatic N) is 2. The topological polar surface area (TPSA) is 107 Å². The normalized spacial score (nSPS) is 10.2. The van der Waals surface area contributed by atoms with Crippen LogP contribution in [-0.2, 0) is 18.3 Å². The van der Waals surface area contributed by atoms with Crippen molar-refractivity contribution in [1.82, 2.24) is 9.78 Å². The van der Waals surface area contributed by atoms with E-state index in [0.717, 1.165) is 0 Å². The van der Waals surface area contributed by atoms with Crippen LogP contribution in [0.2, 0.25) is 0 Å². The van der Waals surface area contributed by atoms with Gasteiger partial charge in [0.15, 0.2) is 5.82 Å². The number of rotatable bonds is 3. The number of aromatic nitrogens is 2. The second-order valence-corrected chi connectivity index (χ2v) is 2.77. The summed E-state index contributed by atoms with van der Waals surface area (Å²) >= 11 is 0. The molecule has 0 fully saturated rings. The maximum atomic E-state index is 10.3. The summed E-state index contributed by atoms with van der Waals surface area (Å²) in [7, 11) is 1.66. The third-order valence-corrected chi connectivity index (χ3v) is 1.81. The first-order valence-corrected chi connectivity index (χ1v) is 3.81. The fourth-order valence-corrected chi connectivity index (χ4v) is 1.09. The van der Waals surface area contributed by atoms with E-state index < -0.39 is 5.97 Å². The Labute approximate surface area is 75.1 Å². The molecular weight excluding hydrogens is 172 g/mol. The number of aliphatic carboxylic acids is 1. The third kappa shape index (κ3) is 1.90. The summed E-state index contributed by atoms with van der Waals surface area (Å²) in [6.45, 7) is 0. The molecule has 0 saturated heterocycles. The molecule has 0 amide bonds. The first-order chi connectivity index (χ1) is 6.02. The van der Waals surface area contributed by atoms with Crippen LogP contribution in [0.1, 0.15) is 12.0 Å². The number of carboxylic acid groups (broad SMARTS) is 1. The van der Waals surface area contributed by atoms with Gasteiger partial charge in [0, 0.05) is 19.0 Å². The Morgan fingerprint density at radius 3 is 2.62 bits per heavy atom. The maximum absolute atomic E-state index is 10.3. The van der Waals surface area contributed by atoms with Gasteiger partial charge >= 0.3 is 5.97 Å². The Morgan fingerprint density at radius 2 is 2.23 bits per heavy atom. The van der Waals surface area contributed by atoms with Crippen LogP contribution in [0.4, 0.5) is 11.6 Å². The molecular formula is C7H12N4O2. The van der Waals surface area contributed by atoms with E-state index in [9.17, 15) is 4.79 Å². The minimum Gasteiger partial charge on any atom is -0.481 e. The highest BCUT2D eigenvalue weighted by molar-refractivity contribution is 5.68. The van der Waals surface area contributed by atoms with Gasteiger partial charge in [-0.25, -0.2) is 0 Å². The van der Waals surface area contributed by atoms with Crippen LogP contribution in [0, 0.1) is 0 Å². The van der Waals surface area contributed by atoms with Crippen LogP contribution < -0.4 is 11.5 Å². The van der Waals surface area contributed by atoms with Crippen molar-refractivity contribution < 1.29 is 9.90 Å². The molecule has 1 aromatic rings. The maximum Gasteiger partial charge on any atom is 0.303 e. The van der Waals surface area contributed by atoms with Crippen LogP contribution in [-0.4, -0.2) is 20.9 Å². The molecule has 0 bridgehead atoms. The van der Waals surface area contributed by atoms with E-state index in [-0.39, 0.29) is 6.42 Å². The van der Waals surface area contributed by atoms with Crippen molar-refractivity contribution in [2.75, 3.05) is 11.5 Å². The number of carboxylic acids is 1. The molecule has 0 saturated carbocycles. The zero-order chi connectivity index (χ0) is 10.0. The van der Waals surface area contributed by atoms with Crippen LogP contribution in [0.15, 0.2) is 0 Å². The molecule has 72 valence electrons. The van der Waals surface area contributed by atoms with E-state index in [1.807, 2.05) is 0 Å². The number of nitrogen functional groups attached to an aromatic ring is 2. The summed E-state index contributed by atoms with van der Waals surface area (Å²) in [5.41, 5.74) is 11.8. The Hall–Kier alpha value is -1.72. The zero-order valence-electron chi connectivity index (χ0n) is 7.32. The van der Waals surface area contributed by atoms with E-state index in [1.165, 1.54) is 4.68 Å². The van der Waals surface area contributed by atoms with Gasteiger partial charge in [-0.1, -0.05) is 0 Å². The average molecular weight is 184 g/mol. The summed E-state index contributed by atoms with van der Waals surface area (Å²) in [5, 5.41) is 12.3. The molecule has 6 heteroatoms. The van der Waals surface area contributed by atoms with Crippen LogP contribution in [0.5, 0.6) is 0 Å². The fraction of sp³-hybridized carbons (Fsp3) is 0.429. The molecule has 0 aliphatic heterocycles. The Bertz CT molecular complexity index is 331. The van der Waals surface area contributed by atoms with E-state index >= 15 is 0 Å². The predicted molar refractivity (Wildman–Crippen MR) is 48.0 cm³/mol. The average Bonchev–Trinajstić information content (AvgIpc) is 2.24. The van der Waals surface area contributed by atoms with Crippen molar-refractivity contribution in [3.63, 3.8) is 0 Å². The molecule has 13 heavy (non-hydrogen) atoms. The molecule has 0 spiro atoms. The van der Waals surface area contributed by atoms with Gasteiger partial charge in [-0.15, -0.1) is 0 Å². The number of anilines is 2. The minimum absolute atomic E-state index is 0.0140. The molecule has 0 aliphatic carbocycles. The smallest absolute Gasteiger partial charge is 0.303 e. The largest absolute Gasteiger partial charge is 0.481 e. The van der Waals surface area contributed by atoms with Crippen molar-refractivity contribution >= 4 is 17.6 Å². The van der Waals surface area contributed by atoms with Gasteiger partial charge in [-0.2, -0.15) is 5.10 Å². The minimum atomic E-state index is -0.873. The molecule has 5 N–H and O–H groups in total. The van der Waals surface area contributed by atoms with Crippen LogP contribution in [0.25, 0.3) is 0 Å². The second-order valence-electron chi connectivity index (χ2n) is 2.77. The molecule has 0 unspecified atom stereocenters. The predicted octanol–water partition coefficient (Wildman–Crippen LogP) is -0.398. The lowest BCUT2D eigenvalue weighted by Crippen LogP contribution is -2.02. The Kier molecular flexibility index (Phi) is 2.41. The van der Waals surface area contributed by atoms with Crippen molar-refractivity contribution in [1.29, 1.82) is 0 Å². The molecule has 1 rings (SSSR count). The lowest BCUT2D eigenvalue weighted by Gasteiger charge is -1.97. The summed E-state index contributed by atoms with van der Waals surface area (Å²) in [6, 6.07) is 0. The van der Waals surface area contributed by atoms with Gasteiger partial charge in [0.05, 0.1) is 0 Å². The number of hydrogen-bond acceptors (Lipinski definition) is 4. The standard InChI is InChI=1S/C7H12N4O2/c1-11-7(9)4(6(8)10-11)2-3-5(12)13/h2-3,9H2,1H3,(H2,8,10)(H,12,13). The first-order valence-electron chi connectivity index (χ1n) is 3.81. The van der Waals surface area contributed by atoms with Crippen LogP contribution in [0.3, 0.4) is 0 Å². The van der Waals surface area contributed by atoms with Gasteiger partial charge in [0.25, 0.3) is 0 Å². The molecule has 1 aromatic heterocycles. The number of nitrogens with two attached hydrogens (primary N) is 2. The van der Waals surface area contributed by atoms with Gasteiger partial charge in [0.2, 0.25) is 0 Å². The van der Waals surface area contributed by atoms with E-state index in [1.54, 1.807) is 7.05 Å². The highest BCUT2D eigenvalue weighted by Gasteiger charge is 2.11. The highest BCUT2D eigenvalue weighted by Crippen LogP contribution is 2.19. The summed E-state index contributed by atoms with van der Waals surface area (Å²) in [6.07, 6.45) is 0.334. The third-order valence-electron chi connectivity index (χ3n) is 1.81. The number of hydrogen-bond donors (Lipinski definition) is 3. The SMILES string of the molecule is Cn1nc(N)c(CCC(=O)O)c1N. The van der Waals surface area contributed by atoms with Gasteiger partial charge in [0.1, 0.15) is 5.82 Å². The highest BCUT2D eigenvalue weighted by atomic mass is 16.4. The fourth-order valence-electron chi connectivity index (χ4n) is 1.09. The van der Waals surface area contributed by atoms with Gasteiger partial charge < -0.3 is 16.6 Å². The van der Waals surface area contributed by atoms with Crippen molar-refractivity contribution in [3.8, 4) is 0 Å². The lowest BCUT2D eigenvalue weighted by molar-refractivity contribution is -0.136. The van der Waals surface area contributed by atoms with Crippen molar-refractivity contribution in [2.24, 2.45) is 7.05 Å². The van der Waals surface area contributed by atoms with Gasteiger partial charge in [-0.3, -0.25) is 9.48 Å². The van der Waals surface area contributed by atoms with E-state index in [2.05, 4.69) is 5.10 Å². The quantitative estimate of drug-likeness (QED) is 0.592. The number of carbonyl (C=O) groups is 1. The van der Waals surface area contributed by atoms with E-state index in [0.29, 0.717) is 23.6 Å². The zero-order valence-corrected chi connectivity index (χ0v) is 7.32. The molecule has 1 heterocycles. The lowest BCUT2D eigenvalue weighted by atomic mass is 10.1.